The summed E-state index contributed by atoms with van der Waals surface area (Å²) in [6.07, 6.45) is 0. The van der Waals surface area contributed by atoms with E-state index in [0.717, 1.165) is 5.56 Å². The molecule has 0 radical (unpaired) electrons. The second kappa shape index (κ2) is 8.26. The summed E-state index contributed by atoms with van der Waals surface area (Å²) >= 11 is 1.21. The third kappa shape index (κ3) is 4.28. The first kappa shape index (κ1) is 19.5. The molecule has 1 amide bonds. The van der Waals surface area contributed by atoms with Crippen LogP contribution in [-0.2, 0) is 4.74 Å². The number of carbonyl (C=O) groups is 1. The summed E-state index contributed by atoms with van der Waals surface area (Å²) in [7, 11) is 0. The molecular weight excluding hydrogens is 396 g/mol. The van der Waals surface area contributed by atoms with Crippen LogP contribution in [0.3, 0.4) is 0 Å². The molecule has 1 fully saturated rings. The van der Waals surface area contributed by atoms with Gasteiger partial charge in [-0.05, 0) is 49.4 Å². The van der Waals surface area contributed by atoms with Crippen molar-refractivity contribution in [3.05, 3.63) is 64.7 Å². The van der Waals surface area contributed by atoms with E-state index in [0.29, 0.717) is 53.3 Å². The molecule has 1 aromatic heterocycles. The normalized spacial score (nSPS) is 14.1. The van der Waals surface area contributed by atoms with Crippen LogP contribution in [0.15, 0.2) is 42.5 Å². The van der Waals surface area contributed by atoms with E-state index in [-0.39, 0.29) is 11.7 Å². The number of nitrogens with one attached hydrogen (secondary N) is 1. The number of anilines is 2. The molecule has 8 heteroatoms. The first-order valence-electron chi connectivity index (χ1n) is 9.18. The number of aryl methyl sites for hydroxylation is 1. The summed E-state index contributed by atoms with van der Waals surface area (Å²) in [6, 6.07) is 10.6. The van der Waals surface area contributed by atoms with E-state index in [4.69, 9.17) is 4.74 Å². The maximum Gasteiger partial charge on any atom is 0.267 e. The Balaban J connectivity index is 1.50. The van der Waals surface area contributed by atoms with Crippen molar-refractivity contribution >= 4 is 28.6 Å². The summed E-state index contributed by atoms with van der Waals surface area (Å²) in [5.41, 5.74) is 2.18. The molecule has 0 atom stereocenters. The smallest absolute Gasteiger partial charge is 0.267 e. The van der Waals surface area contributed by atoms with Crippen LogP contribution in [-0.4, -0.2) is 37.2 Å². The van der Waals surface area contributed by atoms with Crippen molar-refractivity contribution in [3.63, 3.8) is 0 Å². The molecule has 3 aromatic rings. The summed E-state index contributed by atoms with van der Waals surface area (Å²) in [6.45, 7) is 4.14. The number of thiazole rings is 1. The average molecular weight is 415 g/mol. The second-order valence-corrected chi connectivity index (χ2v) is 7.66. The standard InChI is InChI=1S/C21H19F2N3O2S/c1-13-19(29-21(24-13)14-2-4-15(22)5-3-14)20(27)25-16-6-7-18(17(23)12-16)26-8-10-28-11-9-26/h2-7,12H,8-11H2,1H3,(H,25,27). The molecule has 1 aliphatic heterocycles. The van der Waals surface area contributed by atoms with E-state index in [1.165, 1.54) is 29.5 Å². The van der Waals surface area contributed by atoms with Gasteiger partial charge < -0.3 is 15.0 Å². The van der Waals surface area contributed by atoms with Gasteiger partial charge in [0.25, 0.3) is 5.91 Å². The molecule has 2 aromatic carbocycles. The lowest BCUT2D eigenvalue weighted by molar-refractivity contribution is 0.103. The molecule has 0 saturated carbocycles. The summed E-state index contributed by atoms with van der Waals surface area (Å²) in [5, 5.41) is 3.36. The molecule has 0 aliphatic carbocycles. The zero-order valence-corrected chi connectivity index (χ0v) is 16.6. The van der Waals surface area contributed by atoms with Crippen molar-refractivity contribution < 1.29 is 18.3 Å². The van der Waals surface area contributed by atoms with Gasteiger partial charge in [0.1, 0.15) is 21.5 Å². The molecule has 4 rings (SSSR count). The lowest BCUT2D eigenvalue weighted by Crippen LogP contribution is -2.36. The van der Waals surface area contributed by atoms with Gasteiger partial charge in [-0.3, -0.25) is 4.79 Å². The molecule has 2 heterocycles. The zero-order valence-electron chi connectivity index (χ0n) is 15.7. The lowest BCUT2D eigenvalue weighted by atomic mass is 10.2. The Morgan fingerprint density at radius 1 is 1.14 bits per heavy atom. The van der Waals surface area contributed by atoms with E-state index in [9.17, 15) is 13.6 Å². The molecule has 1 aliphatic rings. The van der Waals surface area contributed by atoms with E-state index < -0.39 is 5.82 Å². The summed E-state index contributed by atoms with van der Waals surface area (Å²) in [4.78, 5) is 19.4. The number of benzene rings is 2. The highest BCUT2D eigenvalue weighted by molar-refractivity contribution is 7.17. The van der Waals surface area contributed by atoms with Gasteiger partial charge in [0.2, 0.25) is 0 Å². The summed E-state index contributed by atoms with van der Waals surface area (Å²) < 4.78 is 33.0. The van der Waals surface area contributed by atoms with Crippen LogP contribution in [0.2, 0.25) is 0 Å². The Morgan fingerprint density at radius 2 is 1.86 bits per heavy atom. The third-order valence-corrected chi connectivity index (χ3v) is 5.86. The van der Waals surface area contributed by atoms with Gasteiger partial charge in [-0.2, -0.15) is 0 Å². The SMILES string of the molecule is Cc1nc(-c2ccc(F)cc2)sc1C(=O)Nc1ccc(N2CCOCC2)c(F)c1. The average Bonchev–Trinajstić information content (AvgIpc) is 3.11. The van der Waals surface area contributed by atoms with Crippen molar-refractivity contribution in [2.24, 2.45) is 0 Å². The van der Waals surface area contributed by atoms with Gasteiger partial charge in [-0.15, -0.1) is 11.3 Å². The molecule has 0 spiro atoms. The molecular formula is C21H19F2N3O2S. The number of aromatic nitrogens is 1. The van der Waals surface area contributed by atoms with E-state index in [2.05, 4.69) is 10.3 Å². The molecule has 29 heavy (non-hydrogen) atoms. The maximum atomic E-state index is 14.6. The van der Waals surface area contributed by atoms with Gasteiger partial charge in [0.05, 0.1) is 24.6 Å². The fraction of sp³-hybridized carbons (Fsp3) is 0.238. The van der Waals surface area contributed by atoms with Crippen LogP contribution >= 0.6 is 11.3 Å². The highest BCUT2D eigenvalue weighted by Crippen LogP contribution is 2.29. The zero-order chi connectivity index (χ0) is 20.4. The number of hydrogen-bond donors (Lipinski definition) is 1. The number of rotatable bonds is 4. The van der Waals surface area contributed by atoms with Crippen LogP contribution in [0.1, 0.15) is 15.4 Å². The third-order valence-electron chi connectivity index (χ3n) is 4.65. The predicted octanol–water partition coefficient (Wildman–Crippen LogP) is 4.49. The van der Waals surface area contributed by atoms with Crippen molar-refractivity contribution in [1.29, 1.82) is 0 Å². The van der Waals surface area contributed by atoms with Crippen LogP contribution in [0.25, 0.3) is 10.6 Å². The first-order chi connectivity index (χ1) is 14.0. The Labute approximate surface area is 171 Å². The van der Waals surface area contributed by atoms with Crippen molar-refractivity contribution in [2.45, 2.75) is 6.92 Å². The van der Waals surface area contributed by atoms with E-state index >= 15 is 0 Å². The Morgan fingerprint density at radius 3 is 2.55 bits per heavy atom. The van der Waals surface area contributed by atoms with E-state index in [1.54, 1.807) is 31.2 Å². The topological polar surface area (TPSA) is 54.5 Å². The molecule has 1 saturated heterocycles. The Bertz CT molecular complexity index is 1030. The number of carbonyl (C=O) groups excluding carboxylic acids is 1. The molecule has 0 unspecified atom stereocenters. The lowest BCUT2D eigenvalue weighted by Gasteiger charge is -2.29. The quantitative estimate of drug-likeness (QED) is 0.682. The van der Waals surface area contributed by atoms with Crippen molar-refractivity contribution in [3.8, 4) is 10.6 Å². The molecule has 0 bridgehead atoms. The molecule has 1 N–H and O–H groups in total. The van der Waals surface area contributed by atoms with Gasteiger partial charge in [-0.1, -0.05) is 0 Å². The fourth-order valence-electron chi connectivity index (χ4n) is 3.16. The maximum absolute atomic E-state index is 14.6. The number of hydrogen-bond acceptors (Lipinski definition) is 5. The van der Waals surface area contributed by atoms with Crippen LogP contribution in [0.5, 0.6) is 0 Å². The van der Waals surface area contributed by atoms with Crippen LogP contribution in [0, 0.1) is 18.6 Å². The summed E-state index contributed by atoms with van der Waals surface area (Å²) in [5.74, 6) is -1.08. The largest absolute Gasteiger partial charge is 0.378 e. The second-order valence-electron chi connectivity index (χ2n) is 6.66. The predicted molar refractivity (Wildman–Crippen MR) is 110 cm³/mol. The number of nitrogens with zero attached hydrogens (tertiary/aromatic N) is 2. The molecule has 5 nitrogen and oxygen atoms in total. The first-order valence-corrected chi connectivity index (χ1v) is 10.00. The van der Waals surface area contributed by atoms with Crippen LogP contribution in [0.4, 0.5) is 20.2 Å². The van der Waals surface area contributed by atoms with Gasteiger partial charge in [-0.25, -0.2) is 13.8 Å². The molecule has 150 valence electrons. The van der Waals surface area contributed by atoms with Crippen molar-refractivity contribution in [1.82, 2.24) is 4.98 Å². The Kier molecular flexibility index (Phi) is 5.55. The van der Waals surface area contributed by atoms with E-state index in [1.807, 2.05) is 4.90 Å². The van der Waals surface area contributed by atoms with Crippen molar-refractivity contribution in [2.75, 3.05) is 36.5 Å². The highest BCUT2D eigenvalue weighted by atomic mass is 32.1. The fourth-order valence-corrected chi connectivity index (χ4v) is 4.12. The highest BCUT2D eigenvalue weighted by Gasteiger charge is 2.19. The van der Waals surface area contributed by atoms with Crippen LogP contribution < -0.4 is 10.2 Å². The van der Waals surface area contributed by atoms with Gasteiger partial charge in [0, 0.05) is 24.3 Å². The number of ether oxygens (including phenoxy) is 1. The number of morpholine rings is 1. The Hall–Kier alpha value is -2.84. The van der Waals surface area contributed by atoms with Gasteiger partial charge in [0.15, 0.2) is 0 Å². The van der Waals surface area contributed by atoms with Gasteiger partial charge >= 0.3 is 0 Å². The minimum Gasteiger partial charge on any atom is -0.378 e. The minimum atomic E-state index is -0.391. The minimum absolute atomic E-state index is 0.331. The number of halogens is 2. The number of amides is 1. The monoisotopic (exact) mass is 415 g/mol.